The lowest BCUT2D eigenvalue weighted by Gasteiger charge is -2.07. The van der Waals surface area contributed by atoms with Crippen LogP contribution in [0.1, 0.15) is 16.1 Å². The van der Waals surface area contributed by atoms with Crippen molar-refractivity contribution in [2.75, 3.05) is 10.6 Å². The van der Waals surface area contributed by atoms with Gasteiger partial charge in [0.2, 0.25) is 0 Å². The molecule has 0 atom stereocenters. The summed E-state index contributed by atoms with van der Waals surface area (Å²) >= 11 is 5.70. The molecule has 1 amide bonds. The van der Waals surface area contributed by atoms with Gasteiger partial charge in [0.25, 0.3) is 5.91 Å². The number of carbonyl (C=O) groups is 1. The first-order valence-corrected chi connectivity index (χ1v) is 7.31. The summed E-state index contributed by atoms with van der Waals surface area (Å²) in [6.45, 7) is 1.77. The second kappa shape index (κ2) is 6.67. The van der Waals surface area contributed by atoms with Crippen LogP contribution in [0, 0.1) is 12.7 Å². The highest BCUT2D eigenvalue weighted by molar-refractivity contribution is 6.31. The number of amides is 1. The van der Waals surface area contributed by atoms with E-state index in [-0.39, 0.29) is 5.02 Å². The van der Waals surface area contributed by atoms with E-state index in [9.17, 15) is 9.18 Å². The highest BCUT2D eigenvalue weighted by atomic mass is 35.5. The molecule has 0 aliphatic rings. The van der Waals surface area contributed by atoms with Crippen molar-refractivity contribution in [3.8, 4) is 0 Å². The van der Waals surface area contributed by atoms with Crippen LogP contribution >= 0.6 is 11.6 Å². The molecule has 0 bridgehead atoms. The van der Waals surface area contributed by atoms with Gasteiger partial charge in [-0.15, -0.1) is 0 Å². The lowest BCUT2D eigenvalue weighted by atomic mass is 10.2. The average Bonchev–Trinajstić information content (AvgIpc) is 2.96. The summed E-state index contributed by atoms with van der Waals surface area (Å²) in [5, 5.41) is 9.35. The molecular formula is C16H12ClFN4O2. The fourth-order valence-corrected chi connectivity index (χ4v) is 2.16. The molecule has 0 saturated carbocycles. The van der Waals surface area contributed by atoms with Crippen LogP contribution in [0.4, 0.5) is 21.6 Å². The van der Waals surface area contributed by atoms with Crippen LogP contribution in [-0.4, -0.2) is 16.0 Å². The molecule has 0 spiro atoms. The third-order valence-electron chi connectivity index (χ3n) is 3.08. The van der Waals surface area contributed by atoms with Gasteiger partial charge in [0.05, 0.1) is 22.5 Å². The molecule has 122 valence electrons. The molecule has 3 rings (SSSR count). The normalized spacial score (nSPS) is 10.5. The lowest BCUT2D eigenvalue weighted by Crippen LogP contribution is -2.12. The number of rotatable bonds is 4. The Balaban J connectivity index is 1.75. The number of aryl methyl sites for hydroxylation is 1. The first-order valence-electron chi connectivity index (χ1n) is 6.93. The molecule has 0 unspecified atom stereocenters. The number of benzene rings is 1. The van der Waals surface area contributed by atoms with Gasteiger partial charge in [-0.1, -0.05) is 16.8 Å². The fourth-order valence-electron chi connectivity index (χ4n) is 1.98. The van der Waals surface area contributed by atoms with Gasteiger partial charge in [0, 0.05) is 18.0 Å². The van der Waals surface area contributed by atoms with Crippen molar-refractivity contribution in [3.05, 3.63) is 64.9 Å². The number of hydrogen-bond donors (Lipinski definition) is 2. The summed E-state index contributed by atoms with van der Waals surface area (Å²) in [7, 11) is 0. The second-order valence-electron chi connectivity index (χ2n) is 4.99. The molecule has 0 aliphatic heterocycles. The maximum atomic E-state index is 13.1. The Morgan fingerprint density at radius 3 is 2.75 bits per heavy atom. The van der Waals surface area contributed by atoms with Gasteiger partial charge in [0.1, 0.15) is 11.6 Å². The molecule has 3 aromatic rings. The van der Waals surface area contributed by atoms with E-state index in [1.54, 1.807) is 25.3 Å². The Bertz CT molecular complexity index is 897. The van der Waals surface area contributed by atoms with E-state index in [0.29, 0.717) is 28.5 Å². The quantitative estimate of drug-likeness (QED) is 0.741. The van der Waals surface area contributed by atoms with Crippen molar-refractivity contribution in [3.63, 3.8) is 0 Å². The van der Waals surface area contributed by atoms with E-state index >= 15 is 0 Å². The van der Waals surface area contributed by atoms with Crippen LogP contribution < -0.4 is 10.6 Å². The predicted octanol–water partition coefficient (Wildman–Crippen LogP) is 4.17. The van der Waals surface area contributed by atoms with Crippen molar-refractivity contribution >= 4 is 34.7 Å². The van der Waals surface area contributed by atoms with E-state index in [1.165, 1.54) is 24.4 Å². The number of nitrogens with zero attached hydrogens (tertiary/aromatic N) is 2. The number of halogens is 2. The molecule has 0 radical (unpaired) electrons. The summed E-state index contributed by atoms with van der Waals surface area (Å²) in [5.74, 6) is 0.223. The third kappa shape index (κ3) is 3.69. The van der Waals surface area contributed by atoms with E-state index < -0.39 is 11.7 Å². The number of hydrogen-bond acceptors (Lipinski definition) is 5. The molecule has 6 nitrogen and oxygen atoms in total. The summed E-state index contributed by atoms with van der Waals surface area (Å²) in [4.78, 5) is 16.3. The van der Waals surface area contributed by atoms with Crippen LogP contribution in [0.25, 0.3) is 0 Å². The molecule has 0 fully saturated rings. The molecule has 1 aromatic carbocycles. The molecule has 0 saturated heterocycles. The van der Waals surface area contributed by atoms with Gasteiger partial charge in [-0.3, -0.25) is 9.78 Å². The highest BCUT2D eigenvalue weighted by Crippen LogP contribution is 2.21. The van der Waals surface area contributed by atoms with Gasteiger partial charge < -0.3 is 15.2 Å². The smallest absolute Gasteiger partial charge is 0.257 e. The van der Waals surface area contributed by atoms with Crippen LogP contribution in [0.5, 0.6) is 0 Å². The Labute approximate surface area is 141 Å². The second-order valence-corrected chi connectivity index (χ2v) is 5.40. The summed E-state index contributed by atoms with van der Waals surface area (Å²) in [5.41, 5.74) is 1.28. The van der Waals surface area contributed by atoms with Crippen molar-refractivity contribution in [2.24, 2.45) is 0 Å². The predicted molar refractivity (Wildman–Crippen MR) is 88.1 cm³/mol. The van der Waals surface area contributed by atoms with Crippen molar-refractivity contribution in [2.45, 2.75) is 6.92 Å². The standard InChI is InChI=1S/C16H12ClFN4O2/c1-9-4-15(22-24-9)20-12-5-10(7-19-8-12)16(23)21-11-2-3-14(18)13(17)6-11/h2-8H,1H3,(H,20,22)(H,21,23). The minimum atomic E-state index is -0.551. The van der Waals surface area contributed by atoms with Gasteiger partial charge in [-0.2, -0.15) is 0 Å². The molecule has 2 aromatic heterocycles. The summed E-state index contributed by atoms with van der Waals surface area (Å²) in [6, 6.07) is 7.26. The maximum absolute atomic E-state index is 13.1. The van der Waals surface area contributed by atoms with E-state index in [1.807, 2.05) is 0 Å². The molecule has 8 heteroatoms. The summed E-state index contributed by atoms with van der Waals surface area (Å²) < 4.78 is 18.1. The topological polar surface area (TPSA) is 80.0 Å². The number of pyridine rings is 1. The Hall–Kier alpha value is -2.93. The maximum Gasteiger partial charge on any atom is 0.257 e. The van der Waals surface area contributed by atoms with Crippen molar-refractivity contribution in [1.29, 1.82) is 0 Å². The highest BCUT2D eigenvalue weighted by Gasteiger charge is 2.10. The largest absolute Gasteiger partial charge is 0.360 e. The van der Waals surface area contributed by atoms with Crippen molar-refractivity contribution in [1.82, 2.24) is 10.1 Å². The lowest BCUT2D eigenvalue weighted by molar-refractivity contribution is 0.102. The third-order valence-corrected chi connectivity index (χ3v) is 3.37. The number of nitrogens with one attached hydrogen (secondary N) is 2. The van der Waals surface area contributed by atoms with Crippen LogP contribution in [0.3, 0.4) is 0 Å². The monoisotopic (exact) mass is 346 g/mol. The molecule has 24 heavy (non-hydrogen) atoms. The van der Waals surface area contributed by atoms with E-state index in [2.05, 4.69) is 20.8 Å². The van der Waals surface area contributed by atoms with Gasteiger partial charge in [-0.25, -0.2) is 4.39 Å². The van der Waals surface area contributed by atoms with Crippen molar-refractivity contribution < 1.29 is 13.7 Å². The average molecular weight is 347 g/mol. The zero-order chi connectivity index (χ0) is 17.1. The van der Waals surface area contributed by atoms with Gasteiger partial charge >= 0.3 is 0 Å². The Morgan fingerprint density at radius 1 is 1.21 bits per heavy atom. The van der Waals surface area contributed by atoms with E-state index in [4.69, 9.17) is 16.1 Å². The first-order chi connectivity index (χ1) is 11.5. The van der Waals surface area contributed by atoms with E-state index in [0.717, 1.165) is 0 Å². The molecule has 2 heterocycles. The number of anilines is 3. The zero-order valence-corrected chi connectivity index (χ0v) is 13.3. The van der Waals surface area contributed by atoms with Gasteiger partial charge in [-0.05, 0) is 31.2 Å². The number of carbonyl (C=O) groups excluding carboxylic acids is 1. The number of aromatic nitrogens is 2. The van der Waals surface area contributed by atoms with Crippen LogP contribution in [0.15, 0.2) is 47.2 Å². The summed E-state index contributed by atoms with van der Waals surface area (Å²) in [6.07, 6.45) is 2.97. The minimum Gasteiger partial charge on any atom is -0.360 e. The van der Waals surface area contributed by atoms with Gasteiger partial charge in [0.15, 0.2) is 5.82 Å². The zero-order valence-electron chi connectivity index (χ0n) is 12.5. The molecule has 2 N–H and O–H groups in total. The Kier molecular flexibility index (Phi) is 4.43. The Morgan fingerprint density at radius 2 is 2.04 bits per heavy atom. The minimum absolute atomic E-state index is 0.0669. The first kappa shape index (κ1) is 15.9. The van der Waals surface area contributed by atoms with Crippen LogP contribution in [-0.2, 0) is 0 Å². The van der Waals surface area contributed by atoms with Crippen LogP contribution in [0.2, 0.25) is 5.02 Å². The fraction of sp³-hybridized carbons (Fsp3) is 0.0625. The SMILES string of the molecule is Cc1cc(Nc2cncc(C(=O)Nc3ccc(F)c(Cl)c3)c2)no1. The molecule has 0 aliphatic carbocycles. The molecular weight excluding hydrogens is 335 g/mol.